The molecule has 0 fully saturated rings. The summed E-state index contributed by atoms with van der Waals surface area (Å²) in [5.74, 6) is 0.397. The van der Waals surface area contributed by atoms with Crippen LogP contribution in [0.25, 0.3) is 11.1 Å². The first-order valence-electron chi connectivity index (χ1n) is 6.26. The Kier molecular flexibility index (Phi) is 4.47. The molecule has 0 aliphatic heterocycles. The van der Waals surface area contributed by atoms with Gasteiger partial charge in [-0.3, -0.25) is 4.98 Å². The second kappa shape index (κ2) is 6.29. The summed E-state index contributed by atoms with van der Waals surface area (Å²) in [5.41, 5.74) is 2.30. The fraction of sp³-hybridized carbons (Fsp3) is 0.267. The second-order valence-corrected chi connectivity index (χ2v) is 4.19. The molecule has 1 N–H and O–H groups in total. The lowest BCUT2D eigenvalue weighted by molar-refractivity contribution is 0.339. The van der Waals surface area contributed by atoms with Crippen LogP contribution in [0.1, 0.15) is 12.5 Å². The standard InChI is InChI=1S/C15H17FN2O/c1-3-19-13-7-12(9-18-10-13)14-6-11(8-17-2)4-5-15(14)16/h4-7,9-10,17H,3,8H2,1-2H3. The molecule has 0 saturated heterocycles. The van der Waals surface area contributed by atoms with Crippen molar-refractivity contribution in [2.75, 3.05) is 13.7 Å². The van der Waals surface area contributed by atoms with Crippen molar-refractivity contribution in [1.29, 1.82) is 0 Å². The summed E-state index contributed by atoms with van der Waals surface area (Å²) in [6, 6.07) is 6.89. The van der Waals surface area contributed by atoms with E-state index in [1.807, 2.05) is 20.0 Å². The van der Waals surface area contributed by atoms with Crippen molar-refractivity contribution in [1.82, 2.24) is 10.3 Å². The average molecular weight is 260 g/mol. The van der Waals surface area contributed by atoms with Gasteiger partial charge in [-0.1, -0.05) is 6.07 Å². The van der Waals surface area contributed by atoms with E-state index in [9.17, 15) is 4.39 Å². The van der Waals surface area contributed by atoms with Crippen molar-refractivity contribution in [2.45, 2.75) is 13.5 Å². The molecule has 0 aliphatic rings. The Hall–Kier alpha value is -1.94. The van der Waals surface area contributed by atoms with Crippen molar-refractivity contribution in [3.63, 3.8) is 0 Å². The minimum atomic E-state index is -0.254. The zero-order valence-electron chi connectivity index (χ0n) is 11.1. The minimum Gasteiger partial charge on any atom is -0.492 e. The molecule has 3 nitrogen and oxygen atoms in total. The molecule has 4 heteroatoms. The molecule has 1 heterocycles. The van der Waals surface area contributed by atoms with Gasteiger partial charge in [0.2, 0.25) is 0 Å². The lowest BCUT2D eigenvalue weighted by Crippen LogP contribution is -2.05. The molecule has 100 valence electrons. The zero-order valence-corrected chi connectivity index (χ0v) is 11.1. The van der Waals surface area contributed by atoms with E-state index in [-0.39, 0.29) is 5.82 Å². The summed E-state index contributed by atoms with van der Waals surface area (Å²) in [5, 5.41) is 3.05. The molecule has 0 amide bonds. The number of nitrogens with zero attached hydrogens (tertiary/aromatic N) is 1. The van der Waals surface area contributed by atoms with Gasteiger partial charge < -0.3 is 10.1 Å². The Labute approximate surface area is 112 Å². The quantitative estimate of drug-likeness (QED) is 0.897. The Morgan fingerprint density at radius 2 is 2.11 bits per heavy atom. The maximum Gasteiger partial charge on any atom is 0.138 e. The summed E-state index contributed by atoms with van der Waals surface area (Å²) in [4.78, 5) is 4.09. The lowest BCUT2D eigenvalue weighted by atomic mass is 10.0. The summed E-state index contributed by atoms with van der Waals surface area (Å²) in [7, 11) is 1.86. The maximum atomic E-state index is 13.9. The average Bonchev–Trinajstić information content (AvgIpc) is 2.42. The summed E-state index contributed by atoms with van der Waals surface area (Å²) in [6.07, 6.45) is 3.27. The van der Waals surface area contributed by atoms with Crippen LogP contribution in [-0.2, 0) is 6.54 Å². The van der Waals surface area contributed by atoms with Gasteiger partial charge in [0.05, 0.1) is 12.8 Å². The predicted octanol–water partition coefficient (Wildman–Crippen LogP) is 3.01. The molecule has 2 rings (SSSR count). The highest BCUT2D eigenvalue weighted by Crippen LogP contribution is 2.26. The molecular formula is C15H17FN2O. The fourth-order valence-corrected chi connectivity index (χ4v) is 1.92. The van der Waals surface area contributed by atoms with Crippen LogP contribution in [0.2, 0.25) is 0 Å². The van der Waals surface area contributed by atoms with Crippen LogP contribution in [0.15, 0.2) is 36.7 Å². The lowest BCUT2D eigenvalue weighted by Gasteiger charge is -2.08. The predicted molar refractivity (Wildman–Crippen MR) is 73.6 cm³/mol. The van der Waals surface area contributed by atoms with Crippen molar-refractivity contribution in [3.05, 3.63) is 48.0 Å². The first-order valence-corrected chi connectivity index (χ1v) is 6.26. The van der Waals surface area contributed by atoms with E-state index < -0.39 is 0 Å². The smallest absolute Gasteiger partial charge is 0.138 e. The van der Waals surface area contributed by atoms with Crippen LogP contribution in [0.5, 0.6) is 5.75 Å². The van der Waals surface area contributed by atoms with Gasteiger partial charge in [-0.2, -0.15) is 0 Å². The molecule has 1 aromatic heterocycles. The van der Waals surface area contributed by atoms with Gasteiger partial charge >= 0.3 is 0 Å². The molecule has 0 aliphatic carbocycles. The molecule has 0 radical (unpaired) electrons. The van der Waals surface area contributed by atoms with E-state index in [2.05, 4.69) is 10.3 Å². The van der Waals surface area contributed by atoms with Crippen molar-refractivity contribution >= 4 is 0 Å². The van der Waals surface area contributed by atoms with E-state index >= 15 is 0 Å². The molecule has 0 spiro atoms. The normalized spacial score (nSPS) is 10.5. The number of hydrogen-bond donors (Lipinski definition) is 1. The van der Waals surface area contributed by atoms with E-state index in [0.29, 0.717) is 24.5 Å². The van der Waals surface area contributed by atoms with Crippen LogP contribution in [-0.4, -0.2) is 18.6 Å². The van der Waals surface area contributed by atoms with E-state index in [0.717, 1.165) is 11.1 Å². The van der Waals surface area contributed by atoms with Gasteiger partial charge in [-0.05, 0) is 37.7 Å². The highest BCUT2D eigenvalue weighted by molar-refractivity contribution is 5.65. The number of benzene rings is 1. The van der Waals surface area contributed by atoms with Gasteiger partial charge in [-0.25, -0.2) is 4.39 Å². The van der Waals surface area contributed by atoms with Gasteiger partial charge in [0.25, 0.3) is 0 Å². The monoisotopic (exact) mass is 260 g/mol. The van der Waals surface area contributed by atoms with Crippen LogP contribution >= 0.6 is 0 Å². The van der Waals surface area contributed by atoms with Gasteiger partial charge in [-0.15, -0.1) is 0 Å². The molecule has 0 saturated carbocycles. The highest BCUT2D eigenvalue weighted by atomic mass is 19.1. The molecular weight excluding hydrogens is 243 g/mol. The van der Waals surface area contributed by atoms with Crippen molar-refractivity contribution < 1.29 is 9.13 Å². The van der Waals surface area contributed by atoms with Gasteiger partial charge in [0.15, 0.2) is 0 Å². The molecule has 19 heavy (non-hydrogen) atoms. The van der Waals surface area contributed by atoms with Gasteiger partial charge in [0.1, 0.15) is 11.6 Å². The highest BCUT2D eigenvalue weighted by Gasteiger charge is 2.08. The molecule has 2 aromatic rings. The Morgan fingerprint density at radius 1 is 1.26 bits per heavy atom. The maximum absolute atomic E-state index is 13.9. The largest absolute Gasteiger partial charge is 0.492 e. The van der Waals surface area contributed by atoms with Crippen molar-refractivity contribution in [2.24, 2.45) is 0 Å². The number of rotatable bonds is 5. The second-order valence-electron chi connectivity index (χ2n) is 4.19. The third kappa shape index (κ3) is 3.29. The number of pyridine rings is 1. The zero-order chi connectivity index (χ0) is 13.7. The number of ether oxygens (including phenoxy) is 1. The third-order valence-corrected chi connectivity index (χ3v) is 2.75. The first kappa shape index (κ1) is 13.5. The third-order valence-electron chi connectivity index (χ3n) is 2.75. The summed E-state index contributed by atoms with van der Waals surface area (Å²) < 4.78 is 19.3. The van der Waals surface area contributed by atoms with Crippen molar-refractivity contribution in [3.8, 4) is 16.9 Å². The number of aromatic nitrogens is 1. The van der Waals surface area contributed by atoms with Crippen LogP contribution in [0.3, 0.4) is 0 Å². The topological polar surface area (TPSA) is 34.1 Å². The number of hydrogen-bond acceptors (Lipinski definition) is 3. The van der Waals surface area contributed by atoms with Crippen LogP contribution in [0.4, 0.5) is 4.39 Å². The van der Waals surface area contributed by atoms with Crippen LogP contribution < -0.4 is 10.1 Å². The summed E-state index contributed by atoms with van der Waals surface area (Å²) >= 11 is 0. The van der Waals surface area contributed by atoms with Gasteiger partial charge in [0, 0.05) is 23.9 Å². The molecule has 1 aromatic carbocycles. The number of nitrogens with one attached hydrogen (secondary N) is 1. The molecule has 0 bridgehead atoms. The molecule has 0 atom stereocenters. The Morgan fingerprint density at radius 3 is 2.84 bits per heavy atom. The molecule has 0 unspecified atom stereocenters. The fourth-order valence-electron chi connectivity index (χ4n) is 1.92. The van der Waals surface area contributed by atoms with E-state index in [1.54, 1.807) is 24.5 Å². The number of halogens is 1. The Bertz CT molecular complexity index is 558. The van der Waals surface area contributed by atoms with E-state index in [4.69, 9.17) is 4.74 Å². The van der Waals surface area contributed by atoms with E-state index in [1.165, 1.54) is 6.07 Å². The Balaban J connectivity index is 2.39. The SMILES string of the molecule is CCOc1cncc(-c2cc(CNC)ccc2F)c1. The minimum absolute atomic E-state index is 0.254. The summed E-state index contributed by atoms with van der Waals surface area (Å²) in [6.45, 7) is 3.17. The van der Waals surface area contributed by atoms with Crippen LogP contribution in [0, 0.1) is 5.82 Å². The first-order chi connectivity index (χ1) is 9.24.